The average Bonchev–Trinajstić information content (AvgIpc) is 2.19. The first kappa shape index (κ1) is 12.5. The Morgan fingerprint density at radius 3 is 2.60 bits per heavy atom. The molecule has 88 valence electrons. The lowest BCUT2D eigenvalue weighted by atomic mass is 9.97. The molecule has 0 heterocycles. The van der Waals surface area contributed by atoms with E-state index in [1.165, 1.54) is 19.3 Å². The fourth-order valence-electron chi connectivity index (χ4n) is 2.03. The first-order valence-corrected chi connectivity index (χ1v) is 6.03. The van der Waals surface area contributed by atoms with Gasteiger partial charge in [0.05, 0.1) is 25.2 Å². The normalized spacial score (nSPS) is 19.9. The number of esters is 1. The maximum absolute atomic E-state index is 11.2. The largest absolute Gasteiger partial charge is 0.466 e. The lowest BCUT2D eigenvalue weighted by Crippen LogP contribution is -2.24. The van der Waals surface area contributed by atoms with Crippen LogP contribution in [0.4, 0.5) is 0 Å². The van der Waals surface area contributed by atoms with Crippen LogP contribution in [-0.2, 0) is 14.3 Å². The van der Waals surface area contributed by atoms with Crippen LogP contribution in [-0.4, -0.2) is 24.8 Å². The Bertz CT molecular complexity index is 185. The summed E-state index contributed by atoms with van der Waals surface area (Å²) in [5.41, 5.74) is 0. The topological polar surface area (TPSA) is 35.5 Å². The van der Waals surface area contributed by atoms with Crippen LogP contribution in [0.2, 0.25) is 0 Å². The summed E-state index contributed by atoms with van der Waals surface area (Å²) in [6.45, 7) is 4.23. The Morgan fingerprint density at radius 2 is 2.00 bits per heavy atom. The Labute approximate surface area is 92.1 Å². The van der Waals surface area contributed by atoms with Crippen LogP contribution in [0, 0.1) is 0 Å². The van der Waals surface area contributed by atoms with Crippen molar-refractivity contribution in [2.24, 2.45) is 0 Å². The second-order valence-electron chi connectivity index (χ2n) is 4.22. The van der Waals surface area contributed by atoms with Crippen molar-refractivity contribution in [3.05, 3.63) is 0 Å². The predicted octanol–water partition coefficient (Wildman–Crippen LogP) is 2.68. The second-order valence-corrected chi connectivity index (χ2v) is 4.22. The highest BCUT2D eigenvalue weighted by Gasteiger charge is 2.18. The Hall–Kier alpha value is -0.570. The van der Waals surface area contributed by atoms with Crippen LogP contribution in [0.15, 0.2) is 0 Å². The van der Waals surface area contributed by atoms with Crippen LogP contribution in [0.3, 0.4) is 0 Å². The third-order valence-electron chi connectivity index (χ3n) is 2.74. The lowest BCUT2D eigenvalue weighted by Gasteiger charge is -2.25. The van der Waals surface area contributed by atoms with E-state index in [-0.39, 0.29) is 12.1 Å². The van der Waals surface area contributed by atoms with E-state index in [2.05, 4.69) is 0 Å². The Kier molecular flexibility index (Phi) is 5.69. The van der Waals surface area contributed by atoms with Gasteiger partial charge in [-0.15, -0.1) is 0 Å². The standard InChI is InChI=1S/C12H22O3/c1-3-14-12(13)9-10(2)15-11-7-5-4-6-8-11/h10-11H,3-9H2,1-2H3. The van der Waals surface area contributed by atoms with Gasteiger partial charge < -0.3 is 9.47 Å². The average molecular weight is 214 g/mol. The number of hydrogen-bond acceptors (Lipinski definition) is 3. The van der Waals surface area contributed by atoms with Gasteiger partial charge in [-0.25, -0.2) is 0 Å². The van der Waals surface area contributed by atoms with Gasteiger partial charge in [-0.1, -0.05) is 19.3 Å². The summed E-state index contributed by atoms with van der Waals surface area (Å²) in [4.78, 5) is 11.2. The summed E-state index contributed by atoms with van der Waals surface area (Å²) in [5.74, 6) is -0.152. The minimum atomic E-state index is -0.152. The van der Waals surface area contributed by atoms with Gasteiger partial charge in [-0.3, -0.25) is 4.79 Å². The fraction of sp³-hybridized carbons (Fsp3) is 0.917. The van der Waals surface area contributed by atoms with Crippen LogP contribution < -0.4 is 0 Å². The van der Waals surface area contributed by atoms with E-state index in [4.69, 9.17) is 9.47 Å². The van der Waals surface area contributed by atoms with E-state index in [1.54, 1.807) is 0 Å². The van der Waals surface area contributed by atoms with E-state index in [0.717, 1.165) is 12.8 Å². The molecule has 0 amide bonds. The highest BCUT2D eigenvalue weighted by atomic mass is 16.5. The van der Waals surface area contributed by atoms with Crippen molar-refractivity contribution in [2.45, 2.75) is 64.6 Å². The summed E-state index contributed by atoms with van der Waals surface area (Å²) >= 11 is 0. The second kappa shape index (κ2) is 6.83. The van der Waals surface area contributed by atoms with Gasteiger partial charge in [0.2, 0.25) is 0 Å². The molecule has 0 radical (unpaired) electrons. The van der Waals surface area contributed by atoms with Crippen LogP contribution in [0.1, 0.15) is 52.4 Å². The van der Waals surface area contributed by atoms with Gasteiger partial charge in [0.1, 0.15) is 0 Å². The molecule has 0 aromatic heterocycles. The highest BCUT2D eigenvalue weighted by Crippen LogP contribution is 2.22. The van der Waals surface area contributed by atoms with E-state index < -0.39 is 0 Å². The number of hydrogen-bond donors (Lipinski definition) is 0. The highest BCUT2D eigenvalue weighted by molar-refractivity contribution is 5.69. The zero-order valence-electron chi connectivity index (χ0n) is 9.83. The molecule has 1 unspecified atom stereocenters. The van der Waals surface area contributed by atoms with Crippen molar-refractivity contribution in [1.82, 2.24) is 0 Å². The molecular formula is C12H22O3. The minimum absolute atomic E-state index is 0.00727. The summed E-state index contributed by atoms with van der Waals surface area (Å²) < 4.78 is 10.7. The molecule has 1 saturated carbocycles. The maximum Gasteiger partial charge on any atom is 0.308 e. The van der Waals surface area contributed by atoms with Crippen LogP contribution >= 0.6 is 0 Å². The number of carbonyl (C=O) groups excluding carboxylic acids is 1. The van der Waals surface area contributed by atoms with Gasteiger partial charge in [0, 0.05) is 0 Å². The van der Waals surface area contributed by atoms with Gasteiger partial charge in [0.15, 0.2) is 0 Å². The maximum atomic E-state index is 11.2. The monoisotopic (exact) mass is 214 g/mol. The summed E-state index contributed by atoms with van der Waals surface area (Å²) in [7, 11) is 0. The molecule has 15 heavy (non-hydrogen) atoms. The molecule has 0 bridgehead atoms. The number of ether oxygens (including phenoxy) is 2. The quantitative estimate of drug-likeness (QED) is 0.660. The lowest BCUT2D eigenvalue weighted by molar-refractivity contribution is -0.147. The van der Waals surface area contributed by atoms with Gasteiger partial charge >= 0.3 is 5.97 Å². The van der Waals surface area contributed by atoms with Crippen molar-refractivity contribution in [2.75, 3.05) is 6.61 Å². The molecule has 3 nitrogen and oxygen atoms in total. The van der Waals surface area contributed by atoms with E-state index in [9.17, 15) is 4.79 Å². The van der Waals surface area contributed by atoms with Crippen molar-refractivity contribution < 1.29 is 14.3 Å². The van der Waals surface area contributed by atoms with Crippen LogP contribution in [0.25, 0.3) is 0 Å². The molecule has 1 atom stereocenters. The molecule has 1 fully saturated rings. The van der Waals surface area contributed by atoms with E-state index >= 15 is 0 Å². The smallest absolute Gasteiger partial charge is 0.308 e. The number of rotatable bonds is 5. The zero-order valence-corrected chi connectivity index (χ0v) is 9.83. The predicted molar refractivity (Wildman–Crippen MR) is 58.7 cm³/mol. The number of carbonyl (C=O) groups is 1. The van der Waals surface area contributed by atoms with E-state index in [1.807, 2.05) is 13.8 Å². The summed E-state index contributed by atoms with van der Waals surface area (Å²) in [6.07, 6.45) is 6.88. The summed E-state index contributed by atoms with van der Waals surface area (Å²) in [6, 6.07) is 0. The van der Waals surface area contributed by atoms with Crippen molar-refractivity contribution in [3.8, 4) is 0 Å². The van der Waals surface area contributed by atoms with Crippen LogP contribution in [0.5, 0.6) is 0 Å². The fourth-order valence-corrected chi connectivity index (χ4v) is 2.03. The first-order chi connectivity index (χ1) is 7.22. The molecule has 1 rings (SSSR count). The Balaban J connectivity index is 2.16. The third-order valence-corrected chi connectivity index (χ3v) is 2.74. The minimum Gasteiger partial charge on any atom is -0.466 e. The molecule has 3 heteroatoms. The SMILES string of the molecule is CCOC(=O)CC(C)OC1CCCCC1. The Morgan fingerprint density at radius 1 is 1.33 bits per heavy atom. The van der Waals surface area contributed by atoms with Crippen molar-refractivity contribution in [3.63, 3.8) is 0 Å². The molecule has 0 N–H and O–H groups in total. The van der Waals surface area contributed by atoms with Crippen molar-refractivity contribution >= 4 is 5.97 Å². The molecule has 0 aliphatic heterocycles. The van der Waals surface area contributed by atoms with Gasteiger partial charge in [0.25, 0.3) is 0 Å². The van der Waals surface area contributed by atoms with Gasteiger partial charge in [-0.2, -0.15) is 0 Å². The van der Waals surface area contributed by atoms with Crippen molar-refractivity contribution in [1.29, 1.82) is 0 Å². The molecule has 1 aliphatic carbocycles. The molecule has 0 aromatic carbocycles. The summed E-state index contributed by atoms with van der Waals surface area (Å²) in [5, 5.41) is 0. The molecule has 0 saturated heterocycles. The molecule has 1 aliphatic rings. The van der Waals surface area contributed by atoms with Gasteiger partial charge in [-0.05, 0) is 26.7 Å². The first-order valence-electron chi connectivity index (χ1n) is 6.03. The third kappa shape index (κ3) is 5.17. The van der Waals surface area contributed by atoms with E-state index in [0.29, 0.717) is 19.1 Å². The zero-order chi connectivity index (χ0) is 11.1. The molecule has 0 spiro atoms. The molecule has 0 aromatic rings. The molecular weight excluding hydrogens is 192 g/mol.